The molecule has 0 aliphatic carbocycles. The first kappa shape index (κ1) is 15.5. The fraction of sp³-hybridized carbons (Fsp3) is 0.438. The molecule has 1 aromatic carbocycles. The summed E-state index contributed by atoms with van der Waals surface area (Å²) in [6.45, 7) is 7.06. The van der Waals surface area contributed by atoms with E-state index < -0.39 is 0 Å². The third-order valence-corrected chi connectivity index (χ3v) is 3.14. The molecule has 0 fully saturated rings. The maximum atomic E-state index is 14.0. The van der Waals surface area contributed by atoms with Crippen LogP contribution in [0.2, 0.25) is 0 Å². The average molecular weight is 291 g/mol. The van der Waals surface area contributed by atoms with Crippen molar-refractivity contribution < 1.29 is 9.13 Å². The fourth-order valence-electron chi connectivity index (χ4n) is 1.88. The largest absolute Gasteiger partial charge is 0.484 e. The first-order valence-electron chi connectivity index (χ1n) is 6.97. The number of rotatable bonds is 5. The normalized spacial score (nSPS) is 11.7. The molecule has 2 aromatic rings. The predicted octanol–water partition coefficient (Wildman–Crippen LogP) is 3.03. The van der Waals surface area contributed by atoms with Crippen LogP contribution in [0, 0.1) is 5.82 Å². The molecule has 0 saturated carbocycles. The molecule has 0 aliphatic rings. The summed E-state index contributed by atoms with van der Waals surface area (Å²) < 4.78 is 21.6. The Morgan fingerprint density at radius 2 is 2.10 bits per heavy atom. The Morgan fingerprint density at radius 3 is 2.71 bits per heavy atom. The van der Waals surface area contributed by atoms with Crippen LogP contribution >= 0.6 is 0 Å². The molecule has 2 rings (SSSR count). The number of aryl methyl sites for hydroxylation is 1. The van der Waals surface area contributed by atoms with Crippen LogP contribution in [0.3, 0.4) is 0 Å². The van der Waals surface area contributed by atoms with Gasteiger partial charge in [0.1, 0.15) is 6.61 Å². The number of hydrogen-bond donors (Lipinski definition) is 1. The lowest BCUT2D eigenvalue weighted by Crippen LogP contribution is -2.35. The second-order valence-electron chi connectivity index (χ2n) is 6.12. The van der Waals surface area contributed by atoms with Crippen molar-refractivity contribution >= 4 is 0 Å². The molecule has 5 heteroatoms. The maximum absolute atomic E-state index is 14.0. The van der Waals surface area contributed by atoms with Crippen molar-refractivity contribution in [2.24, 2.45) is 7.05 Å². The van der Waals surface area contributed by atoms with Crippen molar-refractivity contribution in [1.29, 1.82) is 0 Å². The number of imidazole rings is 1. The number of nitrogens with zero attached hydrogens (tertiary/aromatic N) is 2. The van der Waals surface area contributed by atoms with Crippen molar-refractivity contribution in [3.05, 3.63) is 47.8 Å². The van der Waals surface area contributed by atoms with E-state index in [2.05, 4.69) is 31.1 Å². The zero-order valence-electron chi connectivity index (χ0n) is 13.0. The Labute approximate surface area is 125 Å². The zero-order valence-corrected chi connectivity index (χ0v) is 13.0. The van der Waals surface area contributed by atoms with Gasteiger partial charge in [-0.25, -0.2) is 9.37 Å². The molecule has 0 unspecified atom stereocenters. The van der Waals surface area contributed by atoms with Gasteiger partial charge in [0.25, 0.3) is 0 Å². The molecule has 21 heavy (non-hydrogen) atoms. The van der Waals surface area contributed by atoms with E-state index in [1.807, 2.05) is 17.7 Å². The number of hydrogen-bond acceptors (Lipinski definition) is 3. The van der Waals surface area contributed by atoms with Gasteiger partial charge in [-0.2, -0.15) is 0 Å². The minimum absolute atomic E-state index is 0.0361. The highest BCUT2D eigenvalue weighted by Crippen LogP contribution is 2.24. The molecule has 0 amide bonds. The van der Waals surface area contributed by atoms with Crippen molar-refractivity contribution in [1.82, 2.24) is 14.9 Å². The van der Waals surface area contributed by atoms with E-state index >= 15 is 0 Å². The molecule has 0 aliphatic heterocycles. The van der Waals surface area contributed by atoms with Crippen molar-refractivity contribution in [2.75, 3.05) is 0 Å². The van der Waals surface area contributed by atoms with Gasteiger partial charge in [-0.15, -0.1) is 0 Å². The SMILES string of the molecule is Cn1cncc1COc1c(F)cccc1CNC(C)(C)C. The molecule has 0 spiro atoms. The number of aromatic nitrogens is 2. The van der Waals surface area contributed by atoms with Crippen LogP contribution in [-0.4, -0.2) is 15.1 Å². The van der Waals surface area contributed by atoms with Crippen molar-refractivity contribution in [2.45, 2.75) is 39.5 Å². The molecule has 0 atom stereocenters. The van der Waals surface area contributed by atoms with Gasteiger partial charge in [-0.05, 0) is 26.8 Å². The Kier molecular flexibility index (Phi) is 4.63. The molecule has 0 bridgehead atoms. The molecular formula is C16H22FN3O. The predicted molar refractivity (Wildman–Crippen MR) is 80.5 cm³/mol. The molecule has 0 radical (unpaired) electrons. The summed E-state index contributed by atoms with van der Waals surface area (Å²) in [6.07, 6.45) is 3.41. The number of halogens is 1. The van der Waals surface area contributed by atoms with Crippen LogP contribution in [0.4, 0.5) is 4.39 Å². The van der Waals surface area contributed by atoms with Gasteiger partial charge in [-0.1, -0.05) is 12.1 Å². The van der Waals surface area contributed by atoms with Crippen molar-refractivity contribution in [3.8, 4) is 5.75 Å². The Bertz CT molecular complexity index is 602. The Hall–Kier alpha value is -1.88. The number of benzene rings is 1. The van der Waals surface area contributed by atoms with Gasteiger partial charge in [0.2, 0.25) is 0 Å². The highest BCUT2D eigenvalue weighted by molar-refractivity contribution is 5.35. The molecule has 1 aromatic heterocycles. The number of ether oxygens (including phenoxy) is 1. The lowest BCUT2D eigenvalue weighted by Gasteiger charge is -2.22. The van der Waals surface area contributed by atoms with E-state index in [0.29, 0.717) is 18.9 Å². The van der Waals surface area contributed by atoms with Crippen LogP contribution < -0.4 is 10.1 Å². The van der Waals surface area contributed by atoms with Gasteiger partial charge in [-0.3, -0.25) is 0 Å². The quantitative estimate of drug-likeness (QED) is 0.920. The lowest BCUT2D eigenvalue weighted by atomic mass is 10.1. The first-order valence-corrected chi connectivity index (χ1v) is 6.97. The zero-order chi connectivity index (χ0) is 15.5. The first-order chi connectivity index (χ1) is 9.87. The van der Waals surface area contributed by atoms with Gasteiger partial charge < -0.3 is 14.6 Å². The highest BCUT2D eigenvalue weighted by Gasteiger charge is 2.14. The highest BCUT2D eigenvalue weighted by atomic mass is 19.1. The van der Waals surface area contributed by atoms with Crippen LogP contribution in [0.25, 0.3) is 0 Å². The molecule has 4 nitrogen and oxygen atoms in total. The van der Waals surface area contributed by atoms with E-state index in [-0.39, 0.29) is 11.4 Å². The number of nitrogens with one attached hydrogen (secondary N) is 1. The van der Waals surface area contributed by atoms with E-state index in [9.17, 15) is 4.39 Å². The second kappa shape index (κ2) is 6.26. The van der Waals surface area contributed by atoms with Crippen LogP contribution in [0.15, 0.2) is 30.7 Å². The molecule has 114 valence electrons. The summed E-state index contributed by atoms with van der Waals surface area (Å²) in [5, 5.41) is 3.35. The average Bonchev–Trinajstić information content (AvgIpc) is 2.80. The summed E-state index contributed by atoms with van der Waals surface area (Å²) in [4.78, 5) is 4.02. The molecular weight excluding hydrogens is 269 g/mol. The fourth-order valence-corrected chi connectivity index (χ4v) is 1.88. The van der Waals surface area contributed by atoms with E-state index in [1.165, 1.54) is 6.07 Å². The topological polar surface area (TPSA) is 39.1 Å². The van der Waals surface area contributed by atoms with Crippen LogP contribution in [0.1, 0.15) is 32.0 Å². The van der Waals surface area contributed by atoms with E-state index in [4.69, 9.17) is 4.74 Å². The van der Waals surface area contributed by atoms with E-state index in [1.54, 1.807) is 18.6 Å². The standard InChI is InChI=1S/C16H22FN3O/c1-16(2,3)19-8-12-6-5-7-14(17)15(12)21-10-13-9-18-11-20(13)4/h5-7,9,11,19H,8,10H2,1-4H3. The van der Waals surface area contributed by atoms with Gasteiger partial charge in [0.15, 0.2) is 11.6 Å². The molecule has 0 saturated heterocycles. The molecule has 1 N–H and O–H groups in total. The van der Waals surface area contributed by atoms with Gasteiger partial charge in [0.05, 0.1) is 18.2 Å². The summed E-state index contributed by atoms with van der Waals surface area (Å²) in [5.74, 6) is -0.0409. The smallest absolute Gasteiger partial charge is 0.165 e. The maximum Gasteiger partial charge on any atom is 0.165 e. The monoisotopic (exact) mass is 291 g/mol. The summed E-state index contributed by atoms with van der Waals surface area (Å²) in [6, 6.07) is 4.99. The van der Waals surface area contributed by atoms with E-state index in [0.717, 1.165) is 11.3 Å². The molecule has 1 heterocycles. The summed E-state index contributed by atoms with van der Waals surface area (Å²) >= 11 is 0. The third-order valence-electron chi connectivity index (χ3n) is 3.14. The van der Waals surface area contributed by atoms with Crippen LogP contribution in [-0.2, 0) is 20.2 Å². The van der Waals surface area contributed by atoms with Gasteiger partial charge in [0, 0.05) is 24.7 Å². The third kappa shape index (κ3) is 4.29. The minimum atomic E-state index is -0.342. The summed E-state index contributed by atoms with van der Waals surface area (Å²) in [5.41, 5.74) is 1.67. The summed E-state index contributed by atoms with van der Waals surface area (Å²) in [7, 11) is 1.88. The van der Waals surface area contributed by atoms with Crippen molar-refractivity contribution in [3.63, 3.8) is 0 Å². The number of para-hydroxylation sites is 1. The minimum Gasteiger partial charge on any atom is -0.484 e. The second-order valence-corrected chi connectivity index (χ2v) is 6.12. The van der Waals surface area contributed by atoms with Gasteiger partial charge >= 0.3 is 0 Å². The lowest BCUT2D eigenvalue weighted by molar-refractivity contribution is 0.276. The Balaban J connectivity index is 2.12. The van der Waals surface area contributed by atoms with Crippen LogP contribution in [0.5, 0.6) is 5.75 Å². The Morgan fingerprint density at radius 1 is 1.33 bits per heavy atom.